The molecule has 0 aliphatic rings. The standard InChI is InChI=1S/C17H16ClFN6OS.C15H9ClFN5OS.C8H6ClNOS.C7H3FN4.C7H5FN2/c1-24(2)16(20)10-3-4-13(12(19)7-10)25-9-11(22-23-25)8-21-17(26)14-5-6-15(18)27-14;1-18-9-2-3-12(11(17)6-9)22-8-10(20-21-22)7-19-15(23)13-4-5-14(16)24-13;1-2-5-10-8(11)6-3-4-7(9)12-6;1-10-5-2-3-7(11-12-9)6(8)4-5;1-10-5-2-3-7(9)6(8)4-5/h3-7,9,20H,8H2,1-2H3,(H,21,26);2-6,8H,7H2,(H,19,23);1,3-4H,5H2,(H,10,11);2-4H;2-4H,9H2. The average Bonchev–Trinajstić information content (AvgIpc) is 4.54. The van der Waals surface area contributed by atoms with E-state index >= 15 is 0 Å². The Morgan fingerprint density at radius 1 is 0.659 bits per heavy atom. The van der Waals surface area contributed by atoms with Crippen LogP contribution >= 0.6 is 68.8 Å². The van der Waals surface area contributed by atoms with E-state index in [2.05, 4.69) is 67.1 Å². The van der Waals surface area contributed by atoms with Gasteiger partial charge in [0, 0.05) is 24.6 Å². The van der Waals surface area contributed by atoms with Crippen LogP contribution in [0.3, 0.4) is 0 Å². The number of nitrogens with one attached hydrogen (secondary N) is 4. The summed E-state index contributed by atoms with van der Waals surface area (Å²) in [7, 11) is 3.44. The number of amidine groups is 1. The van der Waals surface area contributed by atoms with Crippen LogP contribution in [0.4, 0.5) is 46.0 Å². The smallest absolute Gasteiger partial charge is 0.262 e. The van der Waals surface area contributed by atoms with Crippen LogP contribution in [-0.2, 0) is 13.1 Å². The van der Waals surface area contributed by atoms with Crippen LogP contribution in [0.15, 0.2) is 127 Å². The van der Waals surface area contributed by atoms with E-state index in [1.54, 1.807) is 61.5 Å². The minimum atomic E-state index is -0.679. The molecule has 0 saturated heterocycles. The van der Waals surface area contributed by atoms with Crippen LogP contribution in [0.5, 0.6) is 0 Å². The van der Waals surface area contributed by atoms with Gasteiger partial charge in [-0.05, 0) is 90.5 Å². The second-order valence-corrected chi connectivity index (χ2v) is 21.4. The third kappa shape index (κ3) is 20.1. The number of nitrogen functional groups attached to an aromatic ring is 1. The molecule has 9 aromatic rings. The highest BCUT2D eigenvalue weighted by atomic mass is 35.5. The van der Waals surface area contributed by atoms with Gasteiger partial charge in [0.15, 0.2) is 17.1 Å². The van der Waals surface area contributed by atoms with E-state index in [-0.39, 0.29) is 83.0 Å². The van der Waals surface area contributed by atoms with Gasteiger partial charge in [-0.25, -0.2) is 41.5 Å². The van der Waals surface area contributed by atoms with Crippen LogP contribution in [-0.4, -0.2) is 79.1 Å². The van der Waals surface area contributed by atoms with Gasteiger partial charge >= 0.3 is 0 Å². The second kappa shape index (κ2) is 32.5. The molecule has 0 saturated carbocycles. The van der Waals surface area contributed by atoms with E-state index in [1.165, 1.54) is 104 Å². The molecule has 0 atom stereocenters. The largest absolute Gasteiger partial charge is 0.396 e. The maximum Gasteiger partial charge on any atom is 0.262 e. The third-order valence-electron chi connectivity index (χ3n) is 10.2. The number of nitrogens with zero attached hydrogens (tertiary/aromatic N) is 13. The average molecular weight is 1270 g/mol. The quantitative estimate of drug-likeness (QED) is 0.00895. The normalized spacial score (nSPS) is 9.80. The first kappa shape index (κ1) is 65.7. The highest BCUT2D eigenvalue weighted by Gasteiger charge is 2.15. The van der Waals surface area contributed by atoms with Gasteiger partial charge in [0.05, 0.1) is 96.4 Å². The molecule has 31 heteroatoms. The first-order valence-corrected chi connectivity index (χ1v) is 27.0. The molecular formula is C54H39Cl3F4N18O3S3. The Kier molecular flexibility index (Phi) is 25.1. The highest BCUT2D eigenvalue weighted by molar-refractivity contribution is 7.18. The van der Waals surface area contributed by atoms with Crippen molar-refractivity contribution in [2.75, 3.05) is 26.4 Å². The Balaban J connectivity index is 0.000000206. The van der Waals surface area contributed by atoms with Crippen molar-refractivity contribution in [3.05, 3.63) is 234 Å². The summed E-state index contributed by atoms with van der Waals surface area (Å²) < 4.78 is 57.9. The summed E-state index contributed by atoms with van der Waals surface area (Å²) in [4.78, 5) is 49.9. The number of thiophene rings is 3. The third-order valence-corrected chi connectivity index (χ3v) is 13.9. The monoisotopic (exact) mass is 1260 g/mol. The fourth-order valence-electron chi connectivity index (χ4n) is 6.17. The molecule has 3 amide bonds. The lowest BCUT2D eigenvalue weighted by Gasteiger charge is -2.14. The van der Waals surface area contributed by atoms with Crippen molar-refractivity contribution in [2.24, 2.45) is 5.11 Å². The number of hydrogen-bond donors (Lipinski definition) is 5. The van der Waals surface area contributed by atoms with Gasteiger partial charge in [0.1, 0.15) is 46.2 Å². The van der Waals surface area contributed by atoms with Gasteiger partial charge < -0.3 is 26.6 Å². The molecule has 6 N–H and O–H groups in total. The molecule has 85 heavy (non-hydrogen) atoms. The Morgan fingerprint density at radius 3 is 1.47 bits per heavy atom. The zero-order chi connectivity index (χ0) is 62.2. The fraction of sp³-hybridized carbons (Fsp3) is 0.0926. The summed E-state index contributed by atoms with van der Waals surface area (Å²) in [6.45, 7) is 20.5. The van der Waals surface area contributed by atoms with E-state index in [0.29, 0.717) is 44.6 Å². The number of amides is 3. The predicted molar refractivity (Wildman–Crippen MR) is 319 cm³/mol. The van der Waals surface area contributed by atoms with Gasteiger partial charge in [-0.2, -0.15) is 0 Å². The Hall–Kier alpha value is -10.1. The summed E-state index contributed by atoms with van der Waals surface area (Å²) in [5.74, 6) is -0.496. The van der Waals surface area contributed by atoms with Crippen molar-refractivity contribution in [1.82, 2.24) is 50.8 Å². The number of rotatable bonds is 12. The van der Waals surface area contributed by atoms with Crippen molar-refractivity contribution >= 4 is 121 Å². The number of anilines is 1. The maximum atomic E-state index is 14.4. The molecule has 0 aliphatic carbocycles. The van der Waals surface area contributed by atoms with Crippen molar-refractivity contribution in [1.29, 1.82) is 5.41 Å². The summed E-state index contributed by atoms with van der Waals surface area (Å²) >= 11 is 20.8. The number of nitrogens with two attached hydrogens (primary N) is 1. The Morgan fingerprint density at radius 2 is 1.08 bits per heavy atom. The minimum absolute atomic E-state index is 0.0763. The van der Waals surface area contributed by atoms with Gasteiger partial charge in [-0.1, -0.05) is 80.5 Å². The van der Waals surface area contributed by atoms with E-state index in [4.69, 9.17) is 77.6 Å². The number of halogens is 7. The Bertz CT molecular complexity index is 4090. The van der Waals surface area contributed by atoms with Gasteiger partial charge in [0.2, 0.25) is 0 Å². The van der Waals surface area contributed by atoms with E-state index in [1.807, 2.05) is 0 Å². The zero-order valence-corrected chi connectivity index (χ0v) is 48.4. The molecule has 4 aromatic carbocycles. The number of aromatic nitrogens is 6. The number of benzene rings is 4. The summed E-state index contributed by atoms with van der Waals surface area (Å²) in [6, 6.07) is 26.1. The number of hydrogen-bond acceptors (Lipinski definition) is 13. The molecule has 0 unspecified atom stereocenters. The molecule has 0 fully saturated rings. The minimum Gasteiger partial charge on any atom is -0.396 e. The van der Waals surface area contributed by atoms with Crippen molar-refractivity contribution in [3.63, 3.8) is 0 Å². The zero-order valence-electron chi connectivity index (χ0n) is 43.7. The van der Waals surface area contributed by atoms with E-state index in [9.17, 15) is 31.9 Å². The van der Waals surface area contributed by atoms with Gasteiger partial charge in [-0.3, -0.25) is 19.8 Å². The molecule has 21 nitrogen and oxygen atoms in total. The molecule has 0 radical (unpaired) electrons. The lowest BCUT2D eigenvalue weighted by atomic mass is 10.1. The molecule has 0 bridgehead atoms. The second-order valence-electron chi connectivity index (χ2n) is 16.3. The number of carbonyl (C=O) groups excluding carboxylic acids is 3. The molecule has 9 rings (SSSR count). The van der Waals surface area contributed by atoms with Crippen LogP contribution in [0.1, 0.15) is 46.0 Å². The van der Waals surface area contributed by atoms with Crippen molar-refractivity contribution in [3.8, 4) is 23.7 Å². The fourth-order valence-corrected chi connectivity index (χ4v) is 9.05. The number of azide groups is 1. The SMILES string of the molecule is C#CCNC(=O)c1ccc(Cl)s1.CN(C)C(=N)c1ccc(-n2cc(CNC(=O)c3ccc(Cl)s3)nn2)c(F)c1.[C-]#[N+]c1ccc(-n2cc(CNC(=O)c3ccc(Cl)s3)nn2)c(F)c1.[C-]#[N+]c1ccc(N)c(F)c1.[C-]#[N+]c1ccc(N=[N+]=[N-])c(F)c1. The first-order chi connectivity index (χ1) is 40.7. The van der Waals surface area contributed by atoms with Crippen molar-refractivity contribution in [2.45, 2.75) is 13.1 Å². The molecule has 0 spiro atoms. The van der Waals surface area contributed by atoms with E-state index < -0.39 is 23.3 Å². The van der Waals surface area contributed by atoms with Gasteiger partial charge in [0.25, 0.3) is 17.7 Å². The number of carbonyl (C=O) groups is 3. The van der Waals surface area contributed by atoms with Gasteiger partial charge in [-0.15, -0.1) is 50.6 Å². The van der Waals surface area contributed by atoms with Crippen LogP contribution < -0.4 is 21.7 Å². The van der Waals surface area contributed by atoms with E-state index in [0.717, 1.165) is 18.2 Å². The van der Waals surface area contributed by atoms with Crippen LogP contribution in [0, 0.1) is 60.7 Å². The molecule has 0 aliphatic heterocycles. The lowest BCUT2D eigenvalue weighted by molar-refractivity contribution is 0.0946. The Labute approximate surface area is 508 Å². The summed E-state index contributed by atoms with van der Waals surface area (Å²) in [6.07, 6.45) is 8.02. The molecule has 430 valence electrons. The maximum absolute atomic E-state index is 14.4. The summed E-state index contributed by atoms with van der Waals surface area (Å²) in [5.41, 5.74) is 15.6. The predicted octanol–water partition coefficient (Wildman–Crippen LogP) is 13.6. The molecule has 5 aromatic heterocycles. The summed E-state index contributed by atoms with van der Waals surface area (Å²) in [5, 5.41) is 34.5. The first-order valence-electron chi connectivity index (χ1n) is 23.4. The highest BCUT2D eigenvalue weighted by Crippen LogP contribution is 2.26. The molecular weight excluding hydrogens is 1230 g/mol. The van der Waals surface area contributed by atoms with Crippen LogP contribution in [0.2, 0.25) is 13.0 Å². The van der Waals surface area contributed by atoms with Crippen molar-refractivity contribution < 1.29 is 31.9 Å². The number of terminal acetylenes is 1. The molecule has 5 heterocycles. The van der Waals surface area contributed by atoms with Crippen LogP contribution in [0.25, 0.3) is 36.4 Å². The topological polar surface area (TPSA) is 264 Å². The lowest BCUT2D eigenvalue weighted by Crippen LogP contribution is -2.22.